The maximum absolute atomic E-state index is 11.8. The molecule has 0 saturated heterocycles. The van der Waals surface area contributed by atoms with E-state index in [1.54, 1.807) is 6.07 Å². The average molecular weight is 245 g/mol. The van der Waals surface area contributed by atoms with Crippen molar-refractivity contribution in [3.05, 3.63) is 35.2 Å². The average Bonchev–Trinajstić information content (AvgIpc) is 2.36. The van der Waals surface area contributed by atoms with Gasteiger partial charge < -0.3 is 9.90 Å². The van der Waals surface area contributed by atoms with Crippen LogP contribution in [0, 0.1) is 0 Å². The van der Waals surface area contributed by atoms with E-state index in [1.165, 1.54) is 19.2 Å². The molecule has 1 aliphatic rings. The van der Waals surface area contributed by atoms with Gasteiger partial charge in [0.15, 0.2) is 0 Å². The van der Waals surface area contributed by atoms with Crippen molar-refractivity contribution in [3.63, 3.8) is 0 Å². The Labute approximate surface area is 103 Å². The van der Waals surface area contributed by atoms with Crippen LogP contribution in [0.25, 0.3) is 5.76 Å². The number of allylic oxidation sites excluding steroid dienone is 1. The molecule has 0 atom stereocenters. The van der Waals surface area contributed by atoms with Crippen LogP contribution in [-0.4, -0.2) is 27.4 Å². The van der Waals surface area contributed by atoms with Crippen molar-refractivity contribution >= 4 is 23.1 Å². The molecule has 0 amide bonds. The number of Topliss-reactive ketones (excluding diaryl/α,β-unsaturated/α-hetero) is 3. The van der Waals surface area contributed by atoms with Gasteiger partial charge in [-0.05, 0) is 25.5 Å². The lowest BCUT2D eigenvalue weighted by Crippen LogP contribution is -2.25. The molecule has 0 fully saturated rings. The molecule has 1 heterocycles. The van der Waals surface area contributed by atoms with Crippen LogP contribution in [0.2, 0.25) is 0 Å². The van der Waals surface area contributed by atoms with E-state index < -0.39 is 11.6 Å². The summed E-state index contributed by atoms with van der Waals surface area (Å²) >= 11 is 0. The summed E-state index contributed by atoms with van der Waals surface area (Å²) in [7, 11) is 0. The minimum absolute atomic E-state index is 0.00398. The third-order valence-electron chi connectivity index (χ3n) is 2.77. The van der Waals surface area contributed by atoms with Crippen LogP contribution in [0.1, 0.15) is 35.8 Å². The van der Waals surface area contributed by atoms with E-state index in [0.29, 0.717) is 0 Å². The number of hydrogen-bond acceptors (Lipinski definition) is 5. The molecule has 0 bridgehead atoms. The fourth-order valence-electron chi connectivity index (χ4n) is 1.82. The van der Waals surface area contributed by atoms with E-state index in [0.717, 1.165) is 0 Å². The van der Waals surface area contributed by atoms with Gasteiger partial charge in [0.05, 0.1) is 0 Å². The first-order valence-corrected chi connectivity index (χ1v) is 5.48. The highest BCUT2D eigenvalue weighted by molar-refractivity contribution is 6.51. The molecule has 2 rings (SSSR count). The third-order valence-corrected chi connectivity index (χ3v) is 2.77. The van der Waals surface area contributed by atoms with Gasteiger partial charge in [-0.15, -0.1) is 0 Å². The zero-order chi connectivity index (χ0) is 13.3. The Balaban J connectivity index is 2.48. The third kappa shape index (κ3) is 1.95. The van der Waals surface area contributed by atoms with E-state index in [9.17, 15) is 19.5 Å². The van der Waals surface area contributed by atoms with Crippen molar-refractivity contribution in [1.82, 2.24) is 4.98 Å². The minimum atomic E-state index is -0.778. The largest absolute Gasteiger partial charge is 0.507 e. The Morgan fingerprint density at radius 1 is 1.33 bits per heavy atom. The standard InChI is InChI=1S/C13H11NO4/c1-7(15)4-5-9-11(16)8-3-2-6-14-10(8)13(18)12(9)17/h2-3,6,16H,4-5H2,1H3. The molecule has 0 aliphatic heterocycles. The Bertz CT molecular complexity index is 586. The fraction of sp³-hybridized carbons (Fsp3) is 0.231. The predicted octanol–water partition coefficient (Wildman–Crippen LogP) is 1.49. The fourth-order valence-corrected chi connectivity index (χ4v) is 1.82. The second kappa shape index (κ2) is 4.52. The van der Waals surface area contributed by atoms with Crippen LogP contribution in [0.4, 0.5) is 0 Å². The van der Waals surface area contributed by atoms with Crippen molar-refractivity contribution in [3.8, 4) is 0 Å². The lowest BCUT2D eigenvalue weighted by Gasteiger charge is -2.16. The number of nitrogens with zero attached hydrogens (tertiary/aromatic N) is 1. The lowest BCUT2D eigenvalue weighted by molar-refractivity contribution is -0.117. The number of ketones is 3. The summed E-state index contributed by atoms with van der Waals surface area (Å²) in [5.74, 6) is -1.86. The Morgan fingerprint density at radius 2 is 2.06 bits per heavy atom. The van der Waals surface area contributed by atoms with Crippen LogP contribution < -0.4 is 0 Å². The second-order valence-corrected chi connectivity index (χ2v) is 4.09. The van der Waals surface area contributed by atoms with Crippen molar-refractivity contribution in [2.24, 2.45) is 0 Å². The molecule has 0 unspecified atom stereocenters. The van der Waals surface area contributed by atoms with Crippen molar-refractivity contribution in [2.45, 2.75) is 19.8 Å². The molecule has 18 heavy (non-hydrogen) atoms. The molecule has 1 aromatic heterocycles. The van der Waals surface area contributed by atoms with Crippen LogP contribution >= 0.6 is 0 Å². The van der Waals surface area contributed by atoms with Gasteiger partial charge in [-0.2, -0.15) is 0 Å². The van der Waals surface area contributed by atoms with Crippen molar-refractivity contribution in [2.75, 3.05) is 0 Å². The van der Waals surface area contributed by atoms with Gasteiger partial charge >= 0.3 is 0 Å². The zero-order valence-electron chi connectivity index (χ0n) is 9.77. The molecule has 1 aliphatic carbocycles. The minimum Gasteiger partial charge on any atom is -0.507 e. The van der Waals surface area contributed by atoms with Gasteiger partial charge in [0.25, 0.3) is 5.78 Å². The number of carbonyl (C=O) groups is 3. The smallest absolute Gasteiger partial charge is 0.252 e. The number of hydrogen-bond donors (Lipinski definition) is 1. The van der Waals surface area contributed by atoms with E-state index in [4.69, 9.17) is 0 Å². The van der Waals surface area contributed by atoms with Crippen molar-refractivity contribution in [1.29, 1.82) is 0 Å². The molecule has 92 valence electrons. The first-order valence-electron chi connectivity index (χ1n) is 5.48. The summed E-state index contributed by atoms with van der Waals surface area (Å²) in [6, 6.07) is 3.09. The highest BCUT2D eigenvalue weighted by Crippen LogP contribution is 2.28. The van der Waals surface area contributed by atoms with Gasteiger partial charge in [0, 0.05) is 23.8 Å². The molecular formula is C13H11NO4. The Hall–Kier alpha value is -2.30. The van der Waals surface area contributed by atoms with E-state index in [2.05, 4.69) is 4.98 Å². The van der Waals surface area contributed by atoms with Crippen LogP contribution in [-0.2, 0) is 9.59 Å². The summed E-state index contributed by atoms with van der Waals surface area (Å²) in [4.78, 5) is 38.3. The van der Waals surface area contributed by atoms with Gasteiger partial charge in [0.2, 0.25) is 5.78 Å². The molecule has 1 N–H and O–H groups in total. The summed E-state index contributed by atoms with van der Waals surface area (Å²) < 4.78 is 0. The highest BCUT2D eigenvalue weighted by Gasteiger charge is 2.33. The summed E-state index contributed by atoms with van der Waals surface area (Å²) in [6.45, 7) is 1.39. The topological polar surface area (TPSA) is 84.3 Å². The number of pyridine rings is 1. The van der Waals surface area contributed by atoms with Gasteiger partial charge in [-0.3, -0.25) is 14.6 Å². The number of aliphatic hydroxyl groups is 1. The highest BCUT2D eigenvalue weighted by atomic mass is 16.3. The van der Waals surface area contributed by atoms with E-state index in [-0.39, 0.29) is 41.2 Å². The lowest BCUT2D eigenvalue weighted by atomic mass is 9.89. The molecule has 0 aromatic carbocycles. The zero-order valence-corrected chi connectivity index (χ0v) is 9.77. The Kier molecular flexibility index (Phi) is 3.06. The summed E-state index contributed by atoms with van der Waals surface area (Å²) in [5, 5.41) is 9.98. The predicted molar refractivity (Wildman–Crippen MR) is 63.0 cm³/mol. The summed E-state index contributed by atoms with van der Waals surface area (Å²) in [5.41, 5.74) is 0.211. The molecule has 5 nitrogen and oxygen atoms in total. The van der Waals surface area contributed by atoms with Crippen LogP contribution in [0.15, 0.2) is 23.9 Å². The molecule has 5 heteroatoms. The second-order valence-electron chi connectivity index (χ2n) is 4.09. The quantitative estimate of drug-likeness (QED) is 0.815. The number of rotatable bonds is 3. The molecule has 0 spiro atoms. The summed E-state index contributed by atoms with van der Waals surface area (Å²) in [6.07, 6.45) is 1.58. The monoisotopic (exact) mass is 245 g/mol. The number of aliphatic hydroxyl groups excluding tert-OH is 1. The van der Waals surface area contributed by atoms with Gasteiger partial charge in [-0.1, -0.05) is 0 Å². The maximum Gasteiger partial charge on any atom is 0.252 e. The Morgan fingerprint density at radius 3 is 2.72 bits per heavy atom. The van der Waals surface area contributed by atoms with Crippen LogP contribution in [0.3, 0.4) is 0 Å². The molecule has 1 aromatic rings. The van der Waals surface area contributed by atoms with E-state index in [1.807, 2.05) is 0 Å². The van der Waals surface area contributed by atoms with Crippen LogP contribution in [0.5, 0.6) is 0 Å². The normalized spacial score (nSPS) is 14.7. The first-order chi connectivity index (χ1) is 8.52. The number of fused-ring (bicyclic) bond motifs is 1. The SMILES string of the molecule is CC(=O)CCC1=C(O)c2cccnc2C(=O)C1=O. The molecule has 0 saturated carbocycles. The van der Waals surface area contributed by atoms with Gasteiger partial charge in [-0.25, -0.2) is 0 Å². The first kappa shape index (κ1) is 12.2. The van der Waals surface area contributed by atoms with Crippen molar-refractivity contribution < 1.29 is 19.5 Å². The number of aromatic nitrogens is 1. The molecule has 0 radical (unpaired) electrons. The van der Waals surface area contributed by atoms with Gasteiger partial charge in [0.1, 0.15) is 17.2 Å². The number of carbonyl (C=O) groups excluding carboxylic acids is 3. The molecular weight excluding hydrogens is 234 g/mol. The maximum atomic E-state index is 11.8. The van der Waals surface area contributed by atoms with E-state index >= 15 is 0 Å².